The van der Waals surface area contributed by atoms with Crippen LogP contribution in [0.4, 0.5) is 10.5 Å². The lowest BCUT2D eigenvalue weighted by atomic mass is 10.1. The van der Waals surface area contributed by atoms with Gasteiger partial charge < -0.3 is 5.32 Å². The minimum atomic E-state index is -0.154. The highest BCUT2D eigenvalue weighted by Crippen LogP contribution is 2.24. The van der Waals surface area contributed by atoms with Crippen LogP contribution in [-0.4, -0.2) is 25.1 Å². The van der Waals surface area contributed by atoms with E-state index in [1.807, 2.05) is 24.3 Å². The maximum Gasteiger partial charge on any atom is 0.321 e. The van der Waals surface area contributed by atoms with Crippen LogP contribution in [0.2, 0.25) is 0 Å². The first kappa shape index (κ1) is 10.4. The monoisotopic (exact) mass is 215 g/mol. The molecule has 0 fully saturated rings. The maximum atomic E-state index is 11.5. The summed E-state index contributed by atoms with van der Waals surface area (Å²) in [5.74, 6) is 0. The summed E-state index contributed by atoms with van der Waals surface area (Å²) in [7, 11) is 3.33. The summed E-state index contributed by atoms with van der Waals surface area (Å²) in [5.41, 5.74) is 0.803. The van der Waals surface area contributed by atoms with E-state index in [1.165, 1.54) is 0 Å². The number of anilines is 1. The van der Waals surface area contributed by atoms with Gasteiger partial charge in [-0.1, -0.05) is 24.3 Å². The molecule has 0 aliphatic rings. The lowest BCUT2D eigenvalue weighted by molar-refractivity contribution is 0.249. The number of amides is 2. The fourth-order valence-electron chi connectivity index (χ4n) is 1.64. The summed E-state index contributed by atoms with van der Waals surface area (Å²) in [4.78, 5) is 17.2. The SMILES string of the molecule is CNC(=O)N(C)c1cncc2ccccc12. The standard InChI is InChI=1S/C12H13N3O/c1-13-12(16)15(2)11-8-14-7-9-5-3-4-6-10(9)11/h3-8H,1-2H3,(H,13,16). The highest BCUT2D eigenvalue weighted by molar-refractivity contribution is 6.02. The van der Waals surface area contributed by atoms with Crippen LogP contribution in [0.25, 0.3) is 10.8 Å². The van der Waals surface area contributed by atoms with Gasteiger partial charge in [0, 0.05) is 31.1 Å². The van der Waals surface area contributed by atoms with Crippen LogP contribution in [0.3, 0.4) is 0 Å². The smallest absolute Gasteiger partial charge is 0.321 e. The highest BCUT2D eigenvalue weighted by atomic mass is 16.2. The van der Waals surface area contributed by atoms with Crippen molar-refractivity contribution < 1.29 is 4.79 Å². The van der Waals surface area contributed by atoms with Crippen LogP contribution >= 0.6 is 0 Å². The van der Waals surface area contributed by atoms with Gasteiger partial charge in [0.2, 0.25) is 0 Å². The highest BCUT2D eigenvalue weighted by Gasteiger charge is 2.11. The van der Waals surface area contributed by atoms with Gasteiger partial charge in [0.1, 0.15) is 0 Å². The van der Waals surface area contributed by atoms with Crippen molar-refractivity contribution in [2.45, 2.75) is 0 Å². The first-order valence-electron chi connectivity index (χ1n) is 5.02. The van der Waals surface area contributed by atoms with Crippen LogP contribution in [0.5, 0.6) is 0 Å². The van der Waals surface area contributed by atoms with Crippen molar-refractivity contribution in [2.24, 2.45) is 0 Å². The number of hydrogen-bond acceptors (Lipinski definition) is 2. The Labute approximate surface area is 93.9 Å². The van der Waals surface area contributed by atoms with Crippen molar-refractivity contribution in [1.82, 2.24) is 10.3 Å². The van der Waals surface area contributed by atoms with Gasteiger partial charge in [0.25, 0.3) is 0 Å². The summed E-state index contributed by atoms with van der Waals surface area (Å²) < 4.78 is 0. The number of pyridine rings is 1. The molecule has 1 N–H and O–H groups in total. The molecule has 0 atom stereocenters. The normalized spacial score (nSPS) is 10.1. The van der Waals surface area contributed by atoms with E-state index < -0.39 is 0 Å². The Morgan fingerprint density at radius 1 is 1.31 bits per heavy atom. The van der Waals surface area contributed by atoms with Crippen LogP contribution in [0.1, 0.15) is 0 Å². The van der Waals surface area contributed by atoms with Crippen molar-refractivity contribution >= 4 is 22.5 Å². The van der Waals surface area contributed by atoms with Crippen molar-refractivity contribution in [3.63, 3.8) is 0 Å². The summed E-state index contributed by atoms with van der Waals surface area (Å²) >= 11 is 0. The van der Waals surface area contributed by atoms with Gasteiger partial charge in [-0.05, 0) is 0 Å². The van der Waals surface area contributed by atoms with Crippen molar-refractivity contribution in [1.29, 1.82) is 0 Å². The zero-order chi connectivity index (χ0) is 11.5. The van der Waals surface area contributed by atoms with Gasteiger partial charge in [-0.25, -0.2) is 4.79 Å². The van der Waals surface area contributed by atoms with E-state index in [4.69, 9.17) is 0 Å². The lowest BCUT2D eigenvalue weighted by Gasteiger charge is -2.17. The molecule has 2 aromatic rings. The number of rotatable bonds is 1. The van der Waals surface area contributed by atoms with Crippen molar-refractivity contribution in [2.75, 3.05) is 19.0 Å². The number of fused-ring (bicyclic) bond motifs is 1. The Kier molecular flexibility index (Phi) is 2.72. The van der Waals surface area contributed by atoms with E-state index in [0.717, 1.165) is 16.5 Å². The minimum Gasteiger partial charge on any atom is -0.341 e. The molecule has 0 saturated heterocycles. The van der Waals surface area contributed by atoms with Crippen LogP contribution in [0, 0.1) is 0 Å². The average Bonchev–Trinajstić information content (AvgIpc) is 2.36. The molecule has 4 heteroatoms. The molecule has 0 saturated carbocycles. The molecule has 0 bridgehead atoms. The number of nitrogens with zero attached hydrogens (tertiary/aromatic N) is 2. The molecule has 2 amide bonds. The quantitative estimate of drug-likeness (QED) is 0.790. The molecule has 0 unspecified atom stereocenters. The molecule has 1 heterocycles. The molecule has 82 valence electrons. The van der Waals surface area contributed by atoms with E-state index in [0.29, 0.717) is 0 Å². The molecule has 2 rings (SSSR count). The molecular weight excluding hydrogens is 202 g/mol. The number of nitrogens with one attached hydrogen (secondary N) is 1. The zero-order valence-corrected chi connectivity index (χ0v) is 9.27. The third-order valence-corrected chi connectivity index (χ3v) is 2.53. The molecule has 1 aromatic carbocycles. The van der Waals surface area contributed by atoms with Gasteiger partial charge >= 0.3 is 6.03 Å². The number of hydrogen-bond donors (Lipinski definition) is 1. The van der Waals surface area contributed by atoms with Crippen LogP contribution < -0.4 is 10.2 Å². The molecule has 16 heavy (non-hydrogen) atoms. The number of benzene rings is 1. The fourth-order valence-corrected chi connectivity index (χ4v) is 1.64. The number of carbonyl (C=O) groups is 1. The molecule has 4 nitrogen and oxygen atoms in total. The molecule has 0 spiro atoms. The summed E-state index contributed by atoms with van der Waals surface area (Å²) in [6, 6.07) is 7.70. The Balaban J connectivity index is 2.56. The largest absolute Gasteiger partial charge is 0.341 e. The topological polar surface area (TPSA) is 45.2 Å². The Morgan fingerprint density at radius 2 is 2.06 bits per heavy atom. The summed E-state index contributed by atoms with van der Waals surface area (Å²) in [6.45, 7) is 0. The third kappa shape index (κ3) is 1.69. The predicted molar refractivity (Wildman–Crippen MR) is 64.6 cm³/mol. The molecule has 1 aromatic heterocycles. The van der Waals surface area contributed by atoms with Crippen molar-refractivity contribution in [3.05, 3.63) is 36.7 Å². The average molecular weight is 215 g/mol. The molecular formula is C12H13N3O. The second-order valence-electron chi connectivity index (χ2n) is 3.49. The first-order chi connectivity index (χ1) is 7.74. The van der Waals surface area contributed by atoms with E-state index in [9.17, 15) is 4.79 Å². The fraction of sp³-hybridized carbons (Fsp3) is 0.167. The van der Waals surface area contributed by atoms with Gasteiger partial charge in [-0.2, -0.15) is 0 Å². The Hall–Kier alpha value is -2.10. The number of aromatic nitrogens is 1. The molecule has 0 aliphatic heterocycles. The van der Waals surface area contributed by atoms with Crippen LogP contribution in [0.15, 0.2) is 36.7 Å². The Morgan fingerprint density at radius 3 is 2.81 bits per heavy atom. The maximum absolute atomic E-state index is 11.5. The summed E-state index contributed by atoms with van der Waals surface area (Å²) in [6.07, 6.45) is 3.48. The third-order valence-electron chi connectivity index (χ3n) is 2.53. The second-order valence-corrected chi connectivity index (χ2v) is 3.49. The number of carbonyl (C=O) groups excluding carboxylic acids is 1. The van der Waals surface area contributed by atoms with E-state index in [-0.39, 0.29) is 6.03 Å². The van der Waals surface area contributed by atoms with Gasteiger partial charge in [0.05, 0.1) is 11.9 Å². The lowest BCUT2D eigenvalue weighted by Crippen LogP contribution is -2.34. The van der Waals surface area contributed by atoms with E-state index in [1.54, 1.807) is 31.4 Å². The zero-order valence-electron chi connectivity index (χ0n) is 9.27. The first-order valence-corrected chi connectivity index (χ1v) is 5.02. The molecule has 0 aliphatic carbocycles. The summed E-state index contributed by atoms with van der Waals surface area (Å²) in [5, 5.41) is 4.63. The minimum absolute atomic E-state index is 0.154. The Bertz CT molecular complexity index is 519. The number of urea groups is 1. The second kappa shape index (κ2) is 4.18. The molecule has 0 radical (unpaired) electrons. The van der Waals surface area contributed by atoms with Gasteiger partial charge in [-0.3, -0.25) is 9.88 Å². The van der Waals surface area contributed by atoms with E-state index in [2.05, 4.69) is 10.3 Å². The van der Waals surface area contributed by atoms with Gasteiger partial charge in [0.15, 0.2) is 0 Å². The van der Waals surface area contributed by atoms with E-state index >= 15 is 0 Å². The predicted octanol–water partition coefficient (Wildman–Crippen LogP) is 2.01. The van der Waals surface area contributed by atoms with Gasteiger partial charge in [-0.15, -0.1) is 0 Å². The van der Waals surface area contributed by atoms with Crippen LogP contribution in [-0.2, 0) is 0 Å². The van der Waals surface area contributed by atoms with Crippen molar-refractivity contribution in [3.8, 4) is 0 Å².